The maximum absolute atomic E-state index is 12.3. The van der Waals surface area contributed by atoms with Crippen LogP contribution in [-0.4, -0.2) is 28.0 Å². The van der Waals surface area contributed by atoms with Crippen molar-refractivity contribution in [3.63, 3.8) is 0 Å². The monoisotopic (exact) mass is 385 g/mol. The fraction of sp³-hybridized carbons (Fsp3) is 0.167. The molecule has 1 amide bonds. The molecule has 1 N–H and O–H groups in total. The van der Waals surface area contributed by atoms with Crippen LogP contribution in [0, 0.1) is 10.1 Å². The van der Waals surface area contributed by atoms with Crippen molar-refractivity contribution in [3.05, 3.63) is 68.7 Å². The van der Waals surface area contributed by atoms with Crippen LogP contribution >= 0.6 is 0 Å². The van der Waals surface area contributed by atoms with Gasteiger partial charge in [-0.15, -0.1) is 0 Å². The number of aromatic nitrogens is 1. The number of nitro groups is 1. The Hall–Kier alpha value is -3.95. The lowest BCUT2D eigenvalue weighted by molar-refractivity contribution is -0.384. The van der Waals surface area contributed by atoms with Gasteiger partial charge < -0.3 is 14.5 Å². The Balaban J connectivity index is 1.79. The number of carbonyl (C=O) groups is 2. The number of benzene rings is 2. The van der Waals surface area contributed by atoms with Crippen LogP contribution in [0.15, 0.2) is 51.7 Å². The minimum absolute atomic E-state index is 0.0105. The Kier molecular flexibility index (Phi) is 5.21. The molecule has 28 heavy (non-hydrogen) atoms. The molecule has 0 atom stereocenters. The van der Waals surface area contributed by atoms with Crippen molar-refractivity contribution in [3.8, 4) is 0 Å². The molecule has 0 aliphatic rings. The van der Waals surface area contributed by atoms with Crippen LogP contribution in [0.2, 0.25) is 0 Å². The summed E-state index contributed by atoms with van der Waals surface area (Å²) in [5.74, 6) is -1.87. The number of fused-ring (bicyclic) bond motifs is 1. The van der Waals surface area contributed by atoms with E-state index in [1.807, 2.05) is 0 Å². The SMILES string of the molecule is CCOC(=O)c1cccc(NC(=O)Cn2c(=O)oc3cc([N+](=O)[O-])ccc32)c1. The summed E-state index contributed by atoms with van der Waals surface area (Å²) in [7, 11) is 0. The number of nitrogens with zero attached hydrogens (tertiary/aromatic N) is 2. The zero-order chi connectivity index (χ0) is 20.3. The van der Waals surface area contributed by atoms with Gasteiger partial charge in [-0.25, -0.2) is 9.59 Å². The van der Waals surface area contributed by atoms with Gasteiger partial charge in [0.2, 0.25) is 5.91 Å². The lowest BCUT2D eigenvalue weighted by atomic mass is 10.2. The second kappa shape index (κ2) is 7.74. The lowest BCUT2D eigenvalue weighted by Crippen LogP contribution is -2.24. The number of hydrogen-bond acceptors (Lipinski definition) is 7. The van der Waals surface area contributed by atoms with E-state index >= 15 is 0 Å². The number of nitrogens with one attached hydrogen (secondary N) is 1. The van der Waals surface area contributed by atoms with Gasteiger partial charge in [0.15, 0.2) is 5.58 Å². The summed E-state index contributed by atoms with van der Waals surface area (Å²) in [6, 6.07) is 9.85. The molecule has 10 nitrogen and oxygen atoms in total. The van der Waals surface area contributed by atoms with Gasteiger partial charge in [-0.3, -0.25) is 19.5 Å². The van der Waals surface area contributed by atoms with E-state index in [0.717, 1.165) is 10.6 Å². The summed E-state index contributed by atoms with van der Waals surface area (Å²) in [6.07, 6.45) is 0. The van der Waals surface area contributed by atoms with Crippen LogP contribution in [0.25, 0.3) is 11.1 Å². The van der Waals surface area contributed by atoms with Gasteiger partial charge in [-0.05, 0) is 31.2 Å². The zero-order valence-corrected chi connectivity index (χ0v) is 14.7. The first-order chi connectivity index (χ1) is 13.4. The third-order valence-electron chi connectivity index (χ3n) is 3.82. The number of nitro benzene ring substituents is 1. The summed E-state index contributed by atoms with van der Waals surface area (Å²) in [5.41, 5.74) is 0.667. The van der Waals surface area contributed by atoms with Gasteiger partial charge in [0.25, 0.3) is 5.69 Å². The highest BCUT2D eigenvalue weighted by atomic mass is 16.6. The standard InChI is InChI=1S/C18H15N3O7/c1-2-27-17(23)11-4-3-5-12(8-11)19-16(22)10-20-14-7-6-13(21(25)26)9-15(14)28-18(20)24/h3-9H,2,10H2,1H3,(H,19,22). The average molecular weight is 385 g/mol. The first kappa shape index (κ1) is 18.8. The van der Waals surface area contributed by atoms with Crippen LogP contribution in [0.1, 0.15) is 17.3 Å². The number of carbonyl (C=O) groups excluding carboxylic acids is 2. The molecule has 0 unspecified atom stereocenters. The fourth-order valence-corrected chi connectivity index (χ4v) is 2.60. The predicted octanol–water partition coefficient (Wildman–Crippen LogP) is 2.32. The molecule has 0 spiro atoms. The molecule has 0 bridgehead atoms. The first-order valence-corrected chi connectivity index (χ1v) is 8.24. The normalized spacial score (nSPS) is 10.6. The van der Waals surface area contributed by atoms with Crippen molar-refractivity contribution >= 4 is 34.4 Å². The number of amides is 1. The molecular formula is C18H15N3O7. The quantitative estimate of drug-likeness (QED) is 0.391. The van der Waals surface area contributed by atoms with Crippen LogP contribution < -0.4 is 11.1 Å². The Morgan fingerprint density at radius 1 is 1.25 bits per heavy atom. The van der Waals surface area contributed by atoms with Crippen molar-refractivity contribution in [1.82, 2.24) is 4.57 Å². The van der Waals surface area contributed by atoms with E-state index in [1.165, 1.54) is 18.2 Å². The average Bonchev–Trinajstić information content (AvgIpc) is 2.96. The Morgan fingerprint density at radius 3 is 2.75 bits per heavy atom. The van der Waals surface area contributed by atoms with Crippen LogP contribution in [0.4, 0.5) is 11.4 Å². The maximum Gasteiger partial charge on any atom is 0.420 e. The van der Waals surface area contributed by atoms with Crippen molar-refractivity contribution < 1.29 is 23.7 Å². The second-order valence-corrected chi connectivity index (χ2v) is 5.71. The molecule has 0 saturated carbocycles. The molecule has 3 rings (SSSR count). The topological polar surface area (TPSA) is 134 Å². The summed E-state index contributed by atoms with van der Waals surface area (Å²) in [4.78, 5) is 46.3. The number of oxazole rings is 1. The third-order valence-corrected chi connectivity index (χ3v) is 3.82. The van der Waals surface area contributed by atoms with Crippen molar-refractivity contribution in [2.45, 2.75) is 13.5 Å². The summed E-state index contributed by atoms with van der Waals surface area (Å²) >= 11 is 0. The summed E-state index contributed by atoms with van der Waals surface area (Å²) in [6.45, 7) is 1.54. The Morgan fingerprint density at radius 2 is 2.04 bits per heavy atom. The van der Waals surface area contributed by atoms with E-state index in [4.69, 9.17) is 9.15 Å². The summed E-state index contributed by atoms with van der Waals surface area (Å²) < 4.78 is 10.9. The van der Waals surface area contributed by atoms with Gasteiger partial charge in [-0.1, -0.05) is 6.07 Å². The number of anilines is 1. The molecule has 144 valence electrons. The Labute approximate surface area is 157 Å². The lowest BCUT2D eigenvalue weighted by Gasteiger charge is -2.07. The smallest absolute Gasteiger partial charge is 0.420 e. The number of hydrogen-bond donors (Lipinski definition) is 1. The Bertz CT molecular complexity index is 1130. The number of rotatable bonds is 6. The van der Waals surface area contributed by atoms with Crippen LogP contribution in [0.3, 0.4) is 0 Å². The minimum Gasteiger partial charge on any atom is -0.462 e. The van der Waals surface area contributed by atoms with Crippen molar-refractivity contribution in [2.75, 3.05) is 11.9 Å². The number of esters is 1. The molecule has 0 aliphatic carbocycles. The fourth-order valence-electron chi connectivity index (χ4n) is 2.60. The molecule has 0 radical (unpaired) electrons. The largest absolute Gasteiger partial charge is 0.462 e. The zero-order valence-electron chi connectivity index (χ0n) is 14.7. The third kappa shape index (κ3) is 3.90. The summed E-state index contributed by atoms with van der Waals surface area (Å²) in [5, 5.41) is 13.4. The van der Waals surface area contributed by atoms with E-state index < -0.39 is 22.6 Å². The molecule has 0 saturated heterocycles. The molecule has 0 fully saturated rings. The molecule has 1 heterocycles. The molecule has 3 aromatic rings. The second-order valence-electron chi connectivity index (χ2n) is 5.71. The van der Waals surface area contributed by atoms with Gasteiger partial charge in [0.05, 0.1) is 28.7 Å². The maximum atomic E-state index is 12.3. The van der Waals surface area contributed by atoms with Gasteiger partial charge in [0.1, 0.15) is 6.54 Å². The van der Waals surface area contributed by atoms with E-state index in [9.17, 15) is 24.5 Å². The van der Waals surface area contributed by atoms with E-state index in [2.05, 4.69) is 5.32 Å². The van der Waals surface area contributed by atoms with Crippen LogP contribution in [0.5, 0.6) is 0 Å². The van der Waals surface area contributed by atoms with E-state index in [1.54, 1.807) is 25.1 Å². The molecule has 0 aliphatic heterocycles. The number of ether oxygens (including phenoxy) is 1. The van der Waals surface area contributed by atoms with E-state index in [-0.39, 0.29) is 35.5 Å². The van der Waals surface area contributed by atoms with E-state index in [0.29, 0.717) is 5.69 Å². The molecule has 2 aromatic carbocycles. The first-order valence-electron chi connectivity index (χ1n) is 8.24. The highest BCUT2D eigenvalue weighted by molar-refractivity contribution is 5.95. The van der Waals surface area contributed by atoms with Gasteiger partial charge in [0, 0.05) is 11.8 Å². The molecule has 10 heteroatoms. The molecular weight excluding hydrogens is 370 g/mol. The van der Waals surface area contributed by atoms with Gasteiger partial charge in [-0.2, -0.15) is 0 Å². The highest BCUT2D eigenvalue weighted by Gasteiger charge is 2.16. The van der Waals surface area contributed by atoms with Gasteiger partial charge >= 0.3 is 11.7 Å². The van der Waals surface area contributed by atoms with Crippen LogP contribution in [-0.2, 0) is 16.1 Å². The molecule has 1 aromatic heterocycles. The minimum atomic E-state index is -0.814. The number of non-ortho nitro benzene ring substituents is 1. The van der Waals surface area contributed by atoms with Crippen molar-refractivity contribution in [1.29, 1.82) is 0 Å². The highest BCUT2D eigenvalue weighted by Crippen LogP contribution is 2.20. The predicted molar refractivity (Wildman–Crippen MR) is 98.2 cm³/mol. The van der Waals surface area contributed by atoms with Crippen molar-refractivity contribution in [2.24, 2.45) is 0 Å².